The highest BCUT2D eigenvalue weighted by Crippen LogP contribution is 2.33. The molecule has 5 nitrogen and oxygen atoms in total. The van der Waals surface area contributed by atoms with Crippen molar-refractivity contribution in [3.05, 3.63) is 28.2 Å². The van der Waals surface area contributed by atoms with E-state index >= 15 is 0 Å². The fourth-order valence-corrected chi connectivity index (χ4v) is 4.56. The van der Waals surface area contributed by atoms with Crippen LogP contribution in [0.3, 0.4) is 0 Å². The summed E-state index contributed by atoms with van der Waals surface area (Å²) in [5.74, 6) is 0.320. The molecular weight excluding hydrogens is 344 g/mol. The van der Waals surface area contributed by atoms with Crippen LogP contribution in [0.1, 0.15) is 24.4 Å². The number of benzene rings is 1. The molecule has 0 radical (unpaired) electrons. The summed E-state index contributed by atoms with van der Waals surface area (Å²) < 4.78 is 23.8. The van der Waals surface area contributed by atoms with Gasteiger partial charge in [-0.3, -0.25) is 10.1 Å². The Bertz CT molecular complexity index is 646. The third-order valence-electron chi connectivity index (χ3n) is 3.80. The van der Waals surface area contributed by atoms with E-state index in [0.29, 0.717) is 12.8 Å². The summed E-state index contributed by atoms with van der Waals surface area (Å²) >= 11 is 3.41. The first kappa shape index (κ1) is 14.0. The minimum atomic E-state index is -2.88. The predicted molar refractivity (Wildman–Crippen MR) is 80.3 cm³/mol. The van der Waals surface area contributed by atoms with Crippen molar-refractivity contribution in [1.29, 1.82) is 0 Å². The van der Waals surface area contributed by atoms with E-state index in [1.807, 2.05) is 18.2 Å². The van der Waals surface area contributed by atoms with Gasteiger partial charge in [0.05, 0.1) is 11.5 Å². The average Bonchev–Trinajstić information content (AvgIpc) is 2.68. The quantitative estimate of drug-likeness (QED) is 0.841. The molecule has 1 amide bonds. The minimum absolute atomic E-state index is 0.0687. The Morgan fingerprint density at radius 1 is 1.25 bits per heavy atom. The number of hydrogen-bond donors (Lipinski definition) is 2. The lowest BCUT2D eigenvalue weighted by atomic mass is 10.1. The topological polar surface area (TPSA) is 75.3 Å². The number of fused-ring (bicyclic) bond motifs is 1. The summed E-state index contributed by atoms with van der Waals surface area (Å²) in [6, 6.07) is 5.34. The van der Waals surface area contributed by atoms with Gasteiger partial charge < -0.3 is 5.32 Å². The molecule has 1 fully saturated rings. The Morgan fingerprint density at radius 2 is 1.95 bits per heavy atom. The van der Waals surface area contributed by atoms with Gasteiger partial charge in [-0.1, -0.05) is 15.9 Å². The van der Waals surface area contributed by atoms with Crippen LogP contribution in [0.2, 0.25) is 0 Å². The number of halogens is 1. The van der Waals surface area contributed by atoms with Crippen molar-refractivity contribution in [3.8, 4) is 0 Å². The lowest BCUT2D eigenvalue weighted by Crippen LogP contribution is -2.41. The summed E-state index contributed by atoms with van der Waals surface area (Å²) in [5, 5.41) is 6.13. The van der Waals surface area contributed by atoms with Crippen LogP contribution in [-0.2, 0) is 14.6 Å². The van der Waals surface area contributed by atoms with Crippen molar-refractivity contribution in [2.45, 2.75) is 24.9 Å². The van der Waals surface area contributed by atoms with E-state index in [-0.39, 0.29) is 23.5 Å². The van der Waals surface area contributed by atoms with Crippen LogP contribution < -0.4 is 10.6 Å². The largest absolute Gasteiger partial charge is 0.324 e. The Balaban J connectivity index is 1.76. The first-order chi connectivity index (χ1) is 9.44. The van der Waals surface area contributed by atoms with E-state index in [1.54, 1.807) is 0 Å². The van der Waals surface area contributed by atoms with Gasteiger partial charge in [-0.05, 0) is 31.0 Å². The smallest absolute Gasteiger partial charge is 0.246 e. The molecule has 2 heterocycles. The molecule has 20 heavy (non-hydrogen) atoms. The van der Waals surface area contributed by atoms with E-state index in [1.165, 1.54) is 0 Å². The number of carbonyl (C=O) groups is 1. The molecule has 2 aliphatic heterocycles. The highest BCUT2D eigenvalue weighted by molar-refractivity contribution is 9.10. The summed E-state index contributed by atoms with van der Waals surface area (Å²) in [4.78, 5) is 12.0. The lowest BCUT2D eigenvalue weighted by Gasteiger charge is -2.25. The van der Waals surface area contributed by atoms with Crippen molar-refractivity contribution in [2.75, 3.05) is 16.8 Å². The van der Waals surface area contributed by atoms with E-state index in [2.05, 4.69) is 26.6 Å². The van der Waals surface area contributed by atoms with Crippen molar-refractivity contribution < 1.29 is 13.2 Å². The highest BCUT2D eigenvalue weighted by Gasteiger charge is 2.34. The number of rotatable bonds is 2. The third-order valence-corrected chi connectivity index (χ3v) is 6.01. The zero-order valence-corrected chi connectivity index (χ0v) is 13.1. The summed E-state index contributed by atoms with van der Waals surface area (Å²) in [6.45, 7) is 0. The van der Waals surface area contributed by atoms with Gasteiger partial charge in [0.1, 0.15) is 15.9 Å². The highest BCUT2D eigenvalue weighted by atomic mass is 79.9. The van der Waals surface area contributed by atoms with Gasteiger partial charge in [-0.25, -0.2) is 8.42 Å². The SMILES string of the molecule is O=C1Nc2ccc(Br)cc2C1NC1CCS(=O)(=O)CC1. The molecule has 1 atom stereocenters. The second-order valence-electron chi connectivity index (χ2n) is 5.25. The lowest BCUT2D eigenvalue weighted by molar-refractivity contribution is -0.117. The van der Waals surface area contributed by atoms with Gasteiger partial charge in [0.25, 0.3) is 0 Å². The third kappa shape index (κ3) is 2.75. The van der Waals surface area contributed by atoms with Gasteiger partial charge in [0.2, 0.25) is 5.91 Å². The van der Waals surface area contributed by atoms with Gasteiger partial charge in [0, 0.05) is 21.8 Å². The summed E-state index contributed by atoms with van der Waals surface area (Å²) in [7, 11) is -2.88. The van der Waals surface area contributed by atoms with Crippen molar-refractivity contribution in [2.24, 2.45) is 0 Å². The fourth-order valence-electron chi connectivity index (χ4n) is 2.69. The van der Waals surface area contributed by atoms with Crippen LogP contribution in [0, 0.1) is 0 Å². The molecule has 2 aliphatic rings. The molecule has 1 saturated heterocycles. The Morgan fingerprint density at radius 3 is 2.65 bits per heavy atom. The number of nitrogens with one attached hydrogen (secondary N) is 2. The van der Waals surface area contributed by atoms with Crippen LogP contribution in [0.15, 0.2) is 22.7 Å². The second-order valence-corrected chi connectivity index (χ2v) is 8.47. The van der Waals surface area contributed by atoms with Gasteiger partial charge >= 0.3 is 0 Å². The Kier molecular flexibility index (Phi) is 3.60. The van der Waals surface area contributed by atoms with Crippen molar-refractivity contribution in [1.82, 2.24) is 5.32 Å². The Labute approximate surface area is 126 Å². The van der Waals surface area contributed by atoms with E-state index in [9.17, 15) is 13.2 Å². The van der Waals surface area contributed by atoms with E-state index in [0.717, 1.165) is 15.7 Å². The van der Waals surface area contributed by atoms with Gasteiger partial charge in [-0.2, -0.15) is 0 Å². The standard InChI is InChI=1S/C13H15BrN2O3S/c14-8-1-2-11-10(7-8)12(13(17)16-11)15-9-3-5-20(18,19)6-4-9/h1-2,7,9,12,15H,3-6H2,(H,16,17). The number of anilines is 1. The summed E-state index contributed by atoms with van der Waals surface area (Å²) in [5.41, 5.74) is 1.73. The maximum Gasteiger partial charge on any atom is 0.246 e. The van der Waals surface area contributed by atoms with Crippen molar-refractivity contribution in [3.63, 3.8) is 0 Å². The Hall–Kier alpha value is -0.920. The molecule has 108 valence electrons. The molecular formula is C13H15BrN2O3S. The minimum Gasteiger partial charge on any atom is -0.324 e. The molecule has 1 aromatic rings. The first-order valence-electron chi connectivity index (χ1n) is 6.51. The number of sulfone groups is 1. The first-order valence-corrected chi connectivity index (χ1v) is 9.13. The maximum atomic E-state index is 12.0. The molecule has 7 heteroatoms. The normalized spacial score (nSPS) is 25.2. The van der Waals surface area contributed by atoms with Crippen LogP contribution in [0.4, 0.5) is 5.69 Å². The molecule has 0 bridgehead atoms. The molecule has 3 rings (SSSR count). The molecule has 0 spiro atoms. The maximum absolute atomic E-state index is 12.0. The summed E-state index contributed by atoms with van der Waals surface area (Å²) in [6.07, 6.45) is 1.13. The van der Waals surface area contributed by atoms with E-state index < -0.39 is 15.9 Å². The predicted octanol–water partition coefficient (Wildman–Crippen LogP) is 1.61. The van der Waals surface area contributed by atoms with Crippen molar-refractivity contribution >= 4 is 37.4 Å². The molecule has 0 aromatic heterocycles. The van der Waals surface area contributed by atoms with E-state index in [4.69, 9.17) is 0 Å². The average molecular weight is 359 g/mol. The van der Waals surface area contributed by atoms with Crippen LogP contribution in [0.25, 0.3) is 0 Å². The number of carbonyl (C=O) groups excluding carboxylic acids is 1. The monoisotopic (exact) mass is 358 g/mol. The number of hydrogen-bond acceptors (Lipinski definition) is 4. The molecule has 0 aliphatic carbocycles. The molecule has 1 aromatic carbocycles. The molecule has 2 N–H and O–H groups in total. The molecule has 0 saturated carbocycles. The van der Waals surface area contributed by atoms with Crippen LogP contribution >= 0.6 is 15.9 Å². The zero-order chi connectivity index (χ0) is 14.3. The van der Waals surface area contributed by atoms with Crippen LogP contribution in [-0.4, -0.2) is 31.9 Å². The van der Waals surface area contributed by atoms with Gasteiger partial charge in [-0.15, -0.1) is 0 Å². The molecule has 1 unspecified atom stereocenters. The number of amides is 1. The fraction of sp³-hybridized carbons (Fsp3) is 0.462. The van der Waals surface area contributed by atoms with Gasteiger partial charge in [0.15, 0.2) is 0 Å². The van der Waals surface area contributed by atoms with Crippen LogP contribution in [0.5, 0.6) is 0 Å². The second kappa shape index (κ2) is 5.13. The zero-order valence-electron chi connectivity index (χ0n) is 10.7.